The van der Waals surface area contributed by atoms with Crippen molar-refractivity contribution in [2.24, 2.45) is 0 Å². The lowest BCUT2D eigenvalue weighted by Gasteiger charge is -2.38. The van der Waals surface area contributed by atoms with Gasteiger partial charge in [-0.1, -0.05) is 63.4 Å². The summed E-state index contributed by atoms with van der Waals surface area (Å²) in [5.74, 6) is 3.60. The highest BCUT2D eigenvalue weighted by molar-refractivity contribution is 9.10. The molecule has 36 heavy (non-hydrogen) atoms. The van der Waals surface area contributed by atoms with Crippen molar-refractivity contribution in [1.82, 2.24) is 0 Å². The van der Waals surface area contributed by atoms with Crippen LogP contribution in [0.2, 0.25) is 16.6 Å². The van der Waals surface area contributed by atoms with Crippen molar-refractivity contribution in [1.29, 1.82) is 0 Å². The Morgan fingerprint density at radius 2 is 1.56 bits per heavy atom. The van der Waals surface area contributed by atoms with E-state index in [1.807, 2.05) is 13.0 Å². The molecule has 0 bridgehead atoms. The van der Waals surface area contributed by atoms with E-state index in [2.05, 4.69) is 112 Å². The monoisotopic (exact) mass is 565 g/mol. The van der Waals surface area contributed by atoms with E-state index in [0.717, 1.165) is 45.3 Å². The predicted octanol–water partition coefficient (Wildman–Crippen LogP) is 8.77. The van der Waals surface area contributed by atoms with Gasteiger partial charge >= 0.3 is 5.63 Å². The Morgan fingerprint density at radius 3 is 2.14 bits per heavy atom. The number of fused-ring (bicyclic) bond motifs is 1. The van der Waals surface area contributed by atoms with Crippen molar-refractivity contribution < 1.29 is 4.42 Å². The number of benzene rings is 2. The number of aryl methyl sites for hydroxylation is 2. The molecule has 0 N–H and O–H groups in total. The molecule has 1 aromatic heterocycles. The number of anilines is 1. The molecule has 0 aliphatic carbocycles. The summed E-state index contributed by atoms with van der Waals surface area (Å²) in [4.78, 5) is 14.3. The van der Waals surface area contributed by atoms with Gasteiger partial charge in [-0.25, -0.2) is 4.79 Å². The molecule has 2 aromatic carbocycles. The average molecular weight is 567 g/mol. The van der Waals surface area contributed by atoms with Crippen molar-refractivity contribution in [2.75, 3.05) is 11.4 Å². The molecular weight excluding hydrogens is 526 g/mol. The summed E-state index contributed by atoms with van der Waals surface area (Å²) in [5.41, 5.74) is 11.4. The van der Waals surface area contributed by atoms with Crippen LogP contribution in [0, 0.1) is 25.3 Å². The first-order valence-corrected chi connectivity index (χ1v) is 16.0. The summed E-state index contributed by atoms with van der Waals surface area (Å²) >= 11 is 3.73. The molecule has 0 atom stereocenters. The van der Waals surface area contributed by atoms with Crippen LogP contribution in [-0.2, 0) is 6.54 Å². The van der Waals surface area contributed by atoms with E-state index in [9.17, 15) is 4.79 Å². The van der Waals surface area contributed by atoms with Gasteiger partial charge in [0.05, 0.1) is 0 Å². The second kappa shape index (κ2) is 11.4. The van der Waals surface area contributed by atoms with Gasteiger partial charge in [0.2, 0.25) is 0 Å². The second-order valence-electron chi connectivity index (χ2n) is 10.9. The molecule has 0 aliphatic rings. The van der Waals surface area contributed by atoms with E-state index in [4.69, 9.17) is 4.42 Å². The van der Waals surface area contributed by atoms with E-state index in [-0.39, 0.29) is 5.63 Å². The quantitative estimate of drug-likeness (QED) is 0.163. The first kappa shape index (κ1) is 28.3. The van der Waals surface area contributed by atoms with Gasteiger partial charge in [-0.15, -0.1) is 5.54 Å². The third-order valence-corrected chi connectivity index (χ3v) is 14.4. The number of hydrogen-bond donors (Lipinski definition) is 0. The molecule has 3 rings (SSSR count). The number of rotatable bonds is 7. The molecule has 5 heteroatoms. The molecule has 0 amide bonds. The molecule has 0 saturated carbocycles. The molecule has 0 radical (unpaired) electrons. The zero-order chi connectivity index (χ0) is 26.8. The van der Waals surface area contributed by atoms with E-state index < -0.39 is 8.07 Å². The van der Waals surface area contributed by atoms with E-state index in [0.29, 0.717) is 22.2 Å². The van der Waals surface area contributed by atoms with Crippen LogP contribution in [0.15, 0.2) is 50.1 Å². The molecule has 0 saturated heterocycles. The highest BCUT2D eigenvalue weighted by Crippen LogP contribution is 2.41. The van der Waals surface area contributed by atoms with E-state index in [1.165, 1.54) is 5.56 Å². The van der Waals surface area contributed by atoms with E-state index >= 15 is 0 Å². The van der Waals surface area contributed by atoms with E-state index in [1.54, 1.807) is 6.07 Å². The van der Waals surface area contributed by atoms with Gasteiger partial charge in [-0.05, 0) is 78.4 Å². The van der Waals surface area contributed by atoms with Gasteiger partial charge in [0.25, 0.3) is 0 Å². The van der Waals surface area contributed by atoms with Crippen LogP contribution in [0.25, 0.3) is 11.0 Å². The van der Waals surface area contributed by atoms with Crippen LogP contribution in [0.5, 0.6) is 0 Å². The highest BCUT2D eigenvalue weighted by atomic mass is 79.9. The maximum absolute atomic E-state index is 12.0. The minimum Gasteiger partial charge on any atom is -0.423 e. The minimum atomic E-state index is -1.80. The van der Waals surface area contributed by atoms with Gasteiger partial charge in [0, 0.05) is 46.3 Å². The topological polar surface area (TPSA) is 33.5 Å². The maximum Gasteiger partial charge on any atom is 0.336 e. The normalized spacial score (nSPS) is 11.9. The Morgan fingerprint density at radius 1 is 0.917 bits per heavy atom. The van der Waals surface area contributed by atoms with Crippen LogP contribution >= 0.6 is 15.9 Å². The zero-order valence-corrected chi connectivity index (χ0v) is 25.8. The van der Waals surface area contributed by atoms with Crippen molar-refractivity contribution in [3.63, 3.8) is 0 Å². The molecule has 0 unspecified atom stereocenters. The van der Waals surface area contributed by atoms with Crippen LogP contribution in [0.1, 0.15) is 70.7 Å². The number of hydrogen-bond acceptors (Lipinski definition) is 3. The fourth-order valence-corrected chi connectivity index (χ4v) is 11.6. The first-order valence-electron chi connectivity index (χ1n) is 13.0. The molecule has 1 heterocycles. The SMILES string of the molecule is CCN(Cc1cc(Br)cc(C#C[Si](C(C)C)(C(C)C)C(C)C)c1)c1cc2oc(=O)cc(C)c2cc1C. The zero-order valence-electron chi connectivity index (χ0n) is 23.3. The first-order chi connectivity index (χ1) is 16.9. The summed E-state index contributed by atoms with van der Waals surface area (Å²) in [6.07, 6.45) is 0. The summed E-state index contributed by atoms with van der Waals surface area (Å²) in [6, 6.07) is 12.2. The van der Waals surface area contributed by atoms with Crippen molar-refractivity contribution in [3.8, 4) is 11.5 Å². The lowest BCUT2D eigenvalue weighted by atomic mass is 10.0. The summed E-state index contributed by atoms with van der Waals surface area (Å²) < 4.78 is 6.58. The highest BCUT2D eigenvalue weighted by Gasteiger charge is 2.41. The number of nitrogens with zero attached hydrogens (tertiary/aromatic N) is 1. The smallest absolute Gasteiger partial charge is 0.336 e. The minimum absolute atomic E-state index is 0.308. The van der Waals surface area contributed by atoms with Crippen LogP contribution in [-0.4, -0.2) is 14.6 Å². The van der Waals surface area contributed by atoms with Crippen LogP contribution in [0.3, 0.4) is 0 Å². The Bertz CT molecular complexity index is 1340. The Kier molecular flexibility index (Phi) is 8.96. The summed E-state index contributed by atoms with van der Waals surface area (Å²) in [7, 11) is -1.80. The average Bonchev–Trinajstić information content (AvgIpc) is 2.77. The molecule has 192 valence electrons. The van der Waals surface area contributed by atoms with Crippen molar-refractivity contribution in [3.05, 3.63) is 73.5 Å². The standard InChI is InChI=1S/C31H40BrNO2Si/c1-10-33(29-18-30-28(13-24(29)9)23(8)14-31(34)35-30)19-26-15-25(16-27(32)17-26)11-12-36(20(2)3,21(4)5)22(6)7/h13-18,20-22H,10,19H2,1-9H3. The molecule has 3 aromatic rings. The third kappa shape index (κ3) is 5.81. The lowest BCUT2D eigenvalue weighted by molar-refractivity contribution is 0.559. The third-order valence-electron chi connectivity index (χ3n) is 7.61. The molecule has 3 nitrogen and oxygen atoms in total. The van der Waals surface area contributed by atoms with Crippen molar-refractivity contribution in [2.45, 2.75) is 85.5 Å². The van der Waals surface area contributed by atoms with Crippen LogP contribution < -0.4 is 10.5 Å². The predicted molar refractivity (Wildman–Crippen MR) is 161 cm³/mol. The van der Waals surface area contributed by atoms with Gasteiger partial charge < -0.3 is 9.32 Å². The number of halogens is 1. The maximum atomic E-state index is 12.0. The van der Waals surface area contributed by atoms with Gasteiger partial charge in [-0.3, -0.25) is 0 Å². The van der Waals surface area contributed by atoms with Gasteiger partial charge in [0.1, 0.15) is 13.7 Å². The molecular formula is C31H40BrNO2Si. The van der Waals surface area contributed by atoms with Crippen LogP contribution in [0.4, 0.5) is 5.69 Å². The fourth-order valence-electron chi connectivity index (χ4n) is 5.82. The van der Waals surface area contributed by atoms with Gasteiger partial charge in [-0.2, -0.15) is 0 Å². The molecule has 0 aliphatic heterocycles. The molecule has 0 spiro atoms. The summed E-state index contributed by atoms with van der Waals surface area (Å²) in [6.45, 7) is 21.9. The Hall–Kier alpha value is -2.29. The van der Waals surface area contributed by atoms with Gasteiger partial charge in [0.15, 0.2) is 0 Å². The fraction of sp³-hybridized carbons (Fsp3) is 0.452. The summed E-state index contributed by atoms with van der Waals surface area (Å²) in [5, 5.41) is 0.986. The van der Waals surface area contributed by atoms with Crippen molar-refractivity contribution >= 4 is 40.7 Å². The Balaban J connectivity index is 2.01. The molecule has 0 fully saturated rings. The second-order valence-corrected chi connectivity index (χ2v) is 17.4. The Labute approximate surface area is 226 Å². The lowest BCUT2D eigenvalue weighted by Crippen LogP contribution is -2.43. The largest absolute Gasteiger partial charge is 0.423 e.